The van der Waals surface area contributed by atoms with Crippen LogP contribution < -0.4 is 4.74 Å². The fourth-order valence-electron chi connectivity index (χ4n) is 1.64. The number of aliphatic hydroxyl groups excluding tert-OH is 1. The number of ether oxygens (including phenoxy) is 1. The van der Waals surface area contributed by atoms with Crippen LogP contribution >= 0.6 is 11.6 Å². The second-order valence-electron chi connectivity index (χ2n) is 3.76. The van der Waals surface area contributed by atoms with Crippen LogP contribution in [0.5, 0.6) is 5.75 Å². The topological polar surface area (TPSA) is 29.5 Å². The Labute approximate surface area is 110 Å². The summed E-state index contributed by atoms with van der Waals surface area (Å²) in [5.41, 5.74) is 1.50. The van der Waals surface area contributed by atoms with Gasteiger partial charge >= 0.3 is 0 Å². The maximum atomic E-state index is 13.5. The molecule has 4 heteroatoms. The van der Waals surface area contributed by atoms with Crippen molar-refractivity contribution in [2.45, 2.75) is 0 Å². The smallest absolute Gasteiger partial charge is 0.127 e. The molecule has 0 saturated carbocycles. The first-order chi connectivity index (χ1) is 8.69. The van der Waals surface area contributed by atoms with Gasteiger partial charge in [-0.25, -0.2) is 4.39 Å². The van der Waals surface area contributed by atoms with E-state index in [-0.39, 0.29) is 19.0 Å². The third-order valence-corrected chi connectivity index (χ3v) is 2.62. The highest BCUT2D eigenvalue weighted by molar-refractivity contribution is 6.30. The van der Waals surface area contributed by atoms with Gasteiger partial charge in [-0.1, -0.05) is 23.7 Å². The second-order valence-corrected chi connectivity index (χ2v) is 4.19. The third-order valence-electron chi connectivity index (χ3n) is 2.39. The summed E-state index contributed by atoms with van der Waals surface area (Å²) in [6.07, 6.45) is 0. The Morgan fingerprint density at radius 1 is 1.11 bits per heavy atom. The van der Waals surface area contributed by atoms with Gasteiger partial charge in [0.25, 0.3) is 0 Å². The fraction of sp³-hybridized carbons (Fsp3) is 0.143. The van der Waals surface area contributed by atoms with Crippen LogP contribution in [-0.4, -0.2) is 18.3 Å². The Morgan fingerprint density at radius 3 is 2.67 bits per heavy atom. The molecule has 0 bridgehead atoms. The zero-order valence-electron chi connectivity index (χ0n) is 9.57. The van der Waals surface area contributed by atoms with Crippen LogP contribution in [0.15, 0.2) is 42.5 Å². The molecule has 0 spiro atoms. The summed E-state index contributed by atoms with van der Waals surface area (Å²) in [5, 5.41) is 9.28. The van der Waals surface area contributed by atoms with Crippen molar-refractivity contribution in [3.05, 3.63) is 53.3 Å². The molecule has 0 amide bonds. The van der Waals surface area contributed by atoms with E-state index in [2.05, 4.69) is 0 Å². The van der Waals surface area contributed by atoms with Crippen LogP contribution in [0.4, 0.5) is 4.39 Å². The quantitative estimate of drug-likeness (QED) is 0.918. The molecule has 0 aliphatic heterocycles. The summed E-state index contributed by atoms with van der Waals surface area (Å²) in [4.78, 5) is 0. The Bertz CT molecular complexity index is 543. The van der Waals surface area contributed by atoms with Crippen molar-refractivity contribution in [3.8, 4) is 16.9 Å². The molecule has 0 fully saturated rings. The lowest BCUT2D eigenvalue weighted by molar-refractivity contribution is 0.201. The largest absolute Gasteiger partial charge is 0.491 e. The van der Waals surface area contributed by atoms with Crippen LogP contribution in [0.1, 0.15) is 0 Å². The minimum absolute atomic E-state index is 0.108. The van der Waals surface area contributed by atoms with E-state index in [0.29, 0.717) is 16.3 Å². The van der Waals surface area contributed by atoms with Crippen molar-refractivity contribution < 1.29 is 14.2 Å². The number of benzene rings is 2. The van der Waals surface area contributed by atoms with E-state index in [0.717, 1.165) is 5.56 Å². The summed E-state index contributed by atoms with van der Waals surface area (Å²) in [6.45, 7) is 0.0292. The minimum Gasteiger partial charge on any atom is -0.491 e. The lowest BCUT2D eigenvalue weighted by atomic mass is 10.1. The predicted octanol–water partition coefficient (Wildman–Crippen LogP) is 3.52. The van der Waals surface area contributed by atoms with Gasteiger partial charge in [0.2, 0.25) is 0 Å². The molecule has 1 N–H and O–H groups in total. The van der Waals surface area contributed by atoms with E-state index >= 15 is 0 Å². The summed E-state index contributed by atoms with van der Waals surface area (Å²) >= 11 is 5.90. The third kappa shape index (κ3) is 3.22. The zero-order chi connectivity index (χ0) is 13.0. The van der Waals surface area contributed by atoms with Crippen molar-refractivity contribution in [2.75, 3.05) is 13.2 Å². The Kier molecular flexibility index (Phi) is 4.18. The Morgan fingerprint density at radius 2 is 1.94 bits per heavy atom. The monoisotopic (exact) mass is 266 g/mol. The molecule has 0 aromatic heterocycles. The molecule has 0 atom stereocenters. The van der Waals surface area contributed by atoms with Crippen LogP contribution in [0.25, 0.3) is 11.1 Å². The zero-order valence-corrected chi connectivity index (χ0v) is 10.3. The number of aliphatic hydroxyl groups is 1. The highest BCUT2D eigenvalue weighted by Gasteiger charge is 2.04. The van der Waals surface area contributed by atoms with E-state index in [1.54, 1.807) is 24.3 Å². The van der Waals surface area contributed by atoms with Crippen LogP contribution in [0, 0.1) is 5.82 Å². The number of rotatable bonds is 4. The van der Waals surface area contributed by atoms with Gasteiger partial charge in [-0.15, -0.1) is 0 Å². The Balaban J connectivity index is 2.35. The van der Waals surface area contributed by atoms with Crippen molar-refractivity contribution in [1.29, 1.82) is 0 Å². The summed E-state index contributed by atoms with van der Waals surface area (Å²) < 4.78 is 18.7. The van der Waals surface area contributed by atoms with Gasteiger partial charge in [0.1, 0.15) is 18.2 Å². The first-order valence-corrected chi connectivity index (χ1v) is 5.87. The van der Waals surface area contributed by atoms with Gasteiger partial charge in [-0.2, -0.15) is 0 Å². The molecule has 0 aliphatic rings. The molecule has 0 saturated heterocycles. The van der Waals surface area contributed by atoms with Crippen molar-refractivity contribution in [2.24, 2.45) is 0 Å². The molecule has 2 rings (SSSR count). The normalized spacial score (nSPS) is 10.4. The molecule has 2 aromatic rings. The SMILES string of the molecule is OCCOc1cc(F)cc(-c2cccc(Cl)c2)c1. The molecular weight excluding hydrogens is 255 g/mol. The second kappa shape index (κ2) is 5.85. The molecule has 0 aliphatic carbocycles. The lowest BCUT2D eigenvalue weighted by Crippen LogP contribution is -2.01. The van der Waals surface area contributed by atoms with Crippen molar-refractivity contribution >= 4 is 11.6 Å². The lowest BCUT2D eigenvalue weighted by Gasteiger charge is -2.08. The molecule has 2 aromatic carbocycles. The maximum absolute atomic E-state index is 13.5. The summed E-state index contributed by atoms with van der Waals surface area (Å²) in [7, 11) is 0. The number of halogens is 2. The maximum Gasteiger partial charge on any atom is 0.127 e. The highest BCUT2D eigenvalue weighted by Crippen LogP contribution is 2.27. The average molecular weight is 267 g/mol. The molecule has 0 heterocycles. The van der Waals surface area contributed by atoms with Crippen molar-refractivity contribution in [1.82, 2.24) is 0 Å². The van der Waals surface area contributed by atoms with E-state index in [4.69, 9.17) is 21.4 Å². The van der Waals surface area contributed by atoms with Gasteiger partial charge < -0.3 is 9.84 Å². The summed E-state index contributed by atoms with van der Waals surface area (Å²) in [6, 6.07) is 11.6. The number of hydrogen-bond acceptors (Lipinski definition) is 2. The molecule has 0 unspecified atom stereocenters. The standard InChI is InChI=1S/C14H12ClFO2/c15-12-3-1-2-10(6-12)11-7-13(16)9-14(8-11)18-5-4-17/h1-3,6-9,17H,4-5H2. The van der Waals surface area contributed by atoms with E-state index < -0.39 is 0 Å². The molecule has 94 valence electrons. The van der Waals surface area contributed by atoms with E-state index in [1.165, 1.54) is 12.1 Å². The van der Waals surface area contributed by atoms with E-state index in [9.17, 15) is 4.39 Å². The van der Waals surface area contributed by atoms with Crippen LogP contribution in [0.2, 0.25) is 5.02 Å². The molecular formula is C14H12ClFO2. The minimum atomic E-state index is -0.389. The van der Waals surface area contributed by atoms with E-state index in [1.807, 2.05) is 6.07 Å². The molecule has 0 radical (unpaired) electrons. The Hall–Kier alpha value is -1.58. The van der Waals surface area contributed by atoms with Gasteiger partial charge in [0, 0.05) is 11.1 Å². The first kappa shape index (κ1) is 12.9. The average Bonchev–Trinajstić information content (AvgIpc) is 2.36. The molecule has 18 heavy (non-hydrogen) atoms. The van der Waals surface area contributed by atoms with Gasteiger partial charge in [-0.05, 0) is 35.4 Å². The number of hydrogen-bond donors (Lipinski definition) is 1. The van der Waals surface area contributed by atoms with Gasteiger partial charge in [0.15, 0.2) is 0 Å². The van der Waals surface area contributed by atoms with Crippen LogP contribution in [0.3, 0.4) is 0 Å². The predicted molar refractivity (Wildman–Crippen MR) is 69.4 cm³/mol. The first-order valence-electron chi connectivity index (χ1n) is 5.49. The van der Waals surface area contributed by atoms with Gasteiger partial charge in [0.05, 0.1) is 6.61 Å². The van der Waals surface area contributed by atoms with Gasteiger partial charge in [-0.3, -0.25) is 0 Å². The summed E-state index contributed by atoms with van der Waals surface area (Å²) in [5.74, 6) is -0.000518. The van der Waals surface area contributed by atoms with Crippen LogP contribution in [-0.2, 0) is 0 Å². The van der Waals surface area contributed by atoms with Crippen molar-refractivity contribution in [3.63, 3.8) is 0 Å². The fourth-order valence-corrected chi connectivity index (χ4v) is 1.83. The highest BCUT2D eigenvalue weighted by atomic mass is 35.5. The molecule has 2 nitrogen and oxygen atoms in total.